The van der Waals surface area contributed by atoms with Crippen LogP contribution >= 0.6 is 0 Å². The summed E-state index contributed by atoms with van der Waals surface area (Å²) >= 11 is 0. The van der Waals surface area contributed by atoms with Gasteiger partial charge in [-0.15, -0.1) is 0 Å². The van der Waals surface area contributed by atoms with Crippen LogP contribution in [0, 0.1) is 11.8 Å². The highest BCUT2D eigenvalue weighted by Crippen LogP contribution is 2.30. The van der Waals surface area contributed by atoms with Crippen molar-refractivity contribution >= 4 is 17.8 Å². The van der Waals surface area contributed by atoms with Gasteiger partial charge in [0.05, 0.1) is 30.5 Å². The summed E-state index contributed by atoms with van der Waals surface area (Å²) in [5, 5.41) is 15.9. The van der Waals surface area contributed by atoms with Crippen LogP contribution in [0.25, 0.3) is 0 Å². The van der Waals surface area contributed by atoms with E-state index in [2.05, 4.69) is 10.6 Å². The molecule has 3 N–H and O–H groups in total. The molecule has 0 saturated heterocycles. The normalized spacial score (nSPS) is 24.0. The van der Waals surface area contributed by atoms with Gasteiger partial charge in [-0.2, -0.15) is 0 Å². The minimum absolute atomic E-state index is 0.0346. The minimum atomic E-state index is -0.639. The number of allylic oxidation sites excluding steroid dienone is 2. The monoisotopic (exact) mass is 546 g/mol. The number of aliphatic hydroxyl groups is 1. The van der Waals surface area contributed by atoms with Gasteiger partial charge in [0.25, 0.3) is 0 Å². The van der Waals surface area contributed by atoms with Gasteiger partial charge in [0.1, 0.15) is 6.10 Å². The molecule has 0 aromatic heterocycles. The van der Waals surface area contributed by atoms with E-state index in [0.29, 0.717) is 19.3 Å². The molecule has 1 heterocycles. The predicted molar refractivity (Wildman–Crippen MR) is 154 cm³/mol. The molecule has 0 radical (unpaired) electrons. The third-order valence-electron chi connectivity index (χ3n) is 8.13. The number of aliphatic hydroxyl groups excluding tert-OH is 1. The maximum absolute atomic E-state index is 13.5. The molecule has 4 rings (SSSR count). The van der Waals surface area contributed by atoms with Crippen molar-refractivity contribution in [2.24, 2.45) is 11.8 Å². The summed E-state index contributed by atoms with van der Waals surface area (Å²) in [4.78, 5) is 39.8. The second-order valence-corrected chi connectivity index (χ2v) is 11.2. The third kappa shape index (κ3) is 8.52. The van der Waals surface area contributed by atoms with Crippen LogP contribution < -0.4 is 10.6 Å². The first-order valence-corrected chi connectivity index (χ1v) is 14.6. The van der Waals surface area contributed by atoms with E-state index in [1.54, 1.807) is 0 Å². The first kappa shape index (κ1) is 29.5. The van der Waals surface area contributed by atoms with Gasteiger partial charge in [0.2, 0.25) is 11.8 Å². The van der Waals surface area contributed by atoms with Gasteiger partial charge in [-0.3, -0.25) is 14.4 Å². The molecule has 2 aromatic rings. The van der Waals surface area contributed by atoms with E-state index < -0.39 is 17.6 Å². The van der Waals surface area contributed by atoms with Gasteiger partial charge < -0.3 is 20.5 Å². The van der Waals surface area contributed by atoms with Gasteiger partial charge in [0.15, 0.2) is 0 Å². The molecule has 0 spiro atoms. The van der Waals surface area contributed by atoms with E-state index in [9.17, 15) is 19.5 Å². The molecule has 7 nitrogen and oxygen atoms in total. The molecule has 3 atom stereocenters. The Hall–Kier alpha value is -3.45. The summed E-state index contributed by atoms with van der Waals surface area (Å²) in [6, 6.07) is 19.4. The maximum atomic E-state index is 13.5. The molecule has 1 aliphatic heterocycles. The molecule has 214 valence electrons. The topological polar surface area (TPSA) is 105 Å². The van der Waals surface area contributed by atoms with Gasteiger partial charge in [0, 0.05) is 6.42 Å². The largest absolute Gasteiger partial charge is 0.455 e. The summed E-state index contributed by atoms with van der Waals surface area (Å²) < 4.78 is 6.07. The number of benzene rings is 2. The van der Waals surface area contributed by atoms with E-state index in [1.807, 2.05) is 72.8 Å². The van der Waals surface area contributed by atoms with Gasteiger partial charge in [-0.25, -0.2) is 0 Å². The first-order chi connectivity index (χ1) is 19.5. The van der Waals surface area contributed by atoms with Crippen molar-refractivity contribution in [3.05, 3.63) is 83.9 Å². The highest BCUT2D eigenvalue weighted by Gasteiger charge is 2.35. The van der Waals surface area contributed by atoms with Gasteiger partial charge in [-0.1, -0.05) is 85.7 Å². The Morgan fingerprint density at radius 3 is 2.35 bits per heavy atom. The molecular formula is C33H42N2O5. The molecule has 2 amide bonds. The fraction of sp³-hybridized carbons (Fsp3) is 0.485. The SMILES string of the molecule is O=C(C[C@H]1CC=CCCC[C@H](Cc2ccccc2)C(=O)O[C@@H](c2ccccc2)CNC1=O)NC1(CO)CCCC1. The molecule has 40 heavy (non-hydrogen) atoms. The van der Waals surface area contributed by atoms with Crippen molar-refractivity contribution in [2.45, 2.75) is 75.9 Å². The van der Waals surface area contributed by atoms with Gasteiger partial charge in [-0.05, 0) is 56.1 Å². The van der Waals surface area contributed by atoms with Crippen LogP contribution in [0.15, 0.2) is 72.8 Å². The smallest absolute Gasteiger partial charge is 0.309 e. The second-order valence-electron chi connectivity index (χ2n) is 11.2. The van der Waals surface area contributed by atoms with Crippen molar-refractivity contribution in [1.29, 1.82) is 0 Å². The molecule has 2 aliphatic rings. The zero-order valence-electron chi connectivity index (χ0n) is 23.2. The zero-order chi connectivity index (χ0) is 28.2. The van der Waals surface area contributed by atoms with Gasteiger partial charge >= 0.3 is 5.97 Å². The van der Waals surface area contributed by atoms with Crippen LogP contribution in [0.2, 0.25) is 0 Å². The molecule has 7 heteroatoms. The lowest BCUT2D eigenvalue weighted by atomic mass is 9.93. The Kier molecular flexibility index (Phi) is 10.9. The molecule has 1 aliphatic carbocycles. The summed E-state index contributed by atoms with van der Waals surface area (Å²) in [6.07, 6.45) is 10.2. The lowest BCUT2D eigenvalue weighted by Gasteiger charge is -2.29. The number of cyclic esters (lactones) is 1. The van der Waals surface area contributed by atoms with E-state index in [1.165, 1.54) is 0 Å². The fourth-order valence-electron chi connectivity index (χ4n) is 5.76. The van der Waals surface area contributed by atoms with Crippen LogP contribution in [-0.4, -0.2) is 41.6 Å². The fourth-order valence-corrected chi connectivity index (χ4v) is 5.76. The van der Waals surface area contributed by atoms with Crippen molar-refractivity contribution in [1.82, 2.24) is 10.6 Å². The number of esters is 1. The number of carbonyl (C=O) groups excluding carboxylic acids is 3. The zero-order valence-corrected chi connectivity index (χ0v) is 23.2. The Balaban J connectivity index is 1.49. The van der Waals surface area contributed by atoms with Crippen LogP contribution in [0.4, 0.5) is 0 Å². The molecule has 0 unspecified atom stereocenters. The Bertz CT molecular complexity index is 1130. The van der Waals surface area contributed by atoms with E-state index in [-0.39, 0.29) is 43.3 Å². The molecule has 0 bridgehead atoms. The highest BCUT2D eigenvalue weighted by molar-refractivity contribution is 5.86. The maximum Gasteiger partial charge on any atom is 0.309 e. The van der Waals surface area contributed by atoms with Crippen LogP contribution in [-0.2, 0) is 25.5 Å². The number of nitrogens with one attached hydrogen (secondary N) is 2. The van der Waals surface area contributed by atoms with Crippen LogP contribution in [0.3, 0.4) is 0 Å². The number of hydrogen-bond donors (Lipinski definition) is 3. The molecule has 1 fully saturated rings. The lowest BCUT2D eigenvalue weighted by Crippen LogP contribution is -2.50. The van der Waals surface area contributed by atoms with Crippen molar-refractivity contribution in [3.63, 3.8) is 0 Å². The second kappa shape index (κ2) is 14.8. The van der Waals surface area contributed by atoms with Crippen LogP contribution in [0.1, 0.15) is 75.0 Å². The quantitative estimate of drug-likeness (QED) is 0.342. The van der Waals surface area contributed by atoms with Crippen molar-refractivity contribution in [2.75, 3.05) is 13.2 Å². The Labute approximate surface area is 237 Å². The summed E-state index contributed by atoms with van der Waals surface area (Å²) in [5.41, 5.74) is 1.32. The summed E-state index contributed by atoms with van der Waals surface area (Å²) in [5.74, 6) is -1.59. The van der Waals surface area contributed by atoms with E-state index >= 15 is 0 Å². The summed E-state index contributed by atoms with van der Waals surface area (Å²) in [6.45, 7) is 0.0277. The minimum Gasteiger partial charge on any atom is -0.455 e. The standard InChI is InChI=1S/C33H42N2O5/c36-24-33(19-11-12-20-33)35-30(37)22-27-17-7-1-2-8-18-28(21-25-13-5-3-6-14-25)32(39)40-29(23-34-31(27)38)26-15-9-4-10-16-26/h1,3-7,9-10,13-16,27-29,36H,2,8,11-12,17-24H2,(H,34,38)(H,35,37)/t27-,28-,29-/m1/s1. The van der Waals surface area contributed by atoms with Crippen molar-refractivity contribution in [3.8, 4) is 0 Å². The summed E-state index contributed by atoms with van der Waals surface area (Å²) in [7, 11) is 0. The van der Waals surface area contributed by atoms with Crippen LogP contribution in [0.5, 0.6) is 0 Å². The predicted octanol–water partition coefficient (Wildman–Crippen LogP) is 4.80. The average molecular weight is 547 g/mol. The average Bonchev–Trinajstić information content (AvgIpc) is 3.44. The Morgan fingerprint density at radius 1 is 0.950 bits per heavy atom. The number of ether oxygens (including phenoxy) is 1. The van der Waals surface area contributed by atoms with Crippen molar-refractivity contribution < 1.29 is 24.2 Å². The third-order valence-corrected chi connectivity index (χ3v) is 8.13. The number of rotatable bonds is 7. The molecule has 1 saturated carbocycles. The number of amides is 2. The van der Waals surface area contributed by atoms with E-state index in [4.69, 9.17) is 4.74 Å². The molecular weight excluding hydrogens is 504 g/mol. The highest BCUT2D eigenvalue weighted by atomic mass is 16.5. The first-order valence-electron chi connectivity index (χ1n) is 14.6. The molecule has 2 aromatic carbocycles. The number of carbonyl (C=O) groups is 3. The number of hydrogen-bond acceptors (Lipinski definition) is 5. The lowest BCUT2D eigenvalue weighted by molar-refractivity contribution is -0.155. The van der Waals surface area contributed by atoms with E-state index in [0.717, 1.165) is 49.7 Å². The Morgan fingerprint density at radius 2 is 1.65 bits per heavy atom.